The van der Waals surface area contributed by atoms with Gasteiger partial charge in [-0.3, -0.25) is 0 Å². The first-order valence-electron chi connectivity index (χ1n) is 19.4. The van der Waals surface area contributed by atoms with Crippen LogP contribution in [-0.2, 0) is 5.41 Å². The molecule has 1 aromatic heterocycles. The van der Waals surface area contributed by atoms with Crippen molar-refractivity contribution in [3.05, 3.63) is 234 Å². The van der Waals surface area contributed by atoms with Crippen LogP contribution in [-0.4, -0.2) is 9.97 Å². The first-order valence-corrected chi connectivity index (χ1v) is 19.4. The molecule has 8 aromatic rings. The van der Waals surface area contributed by atoms with E-state index in [1.165, 1.54) is 55.6 Å². The molecular weight excluding hydrogens is 677 g/mol. The summed E-state index contributed by atoms with van der Waals surface area (Å²) in [5.41, 5.74) is 19.9. The van der Waals surface area contributed by atoms with Crippen molar-refractivity contribution in [1.82, 2.24) is 9.97 Å². The highest BCUT2D eigenvalue weighted by Crippen LogP contribution is 2.63. The lowest BCUT2D eigenvalue weighted by molar-refractivity contribution is 0.794. The molecular formula is C54H36N2. The van der Waals surface area contributed by atoms with Crippen LogP contribution in [0.4, 0.5) is 0 Å². The van der Waals surface area contributed by atoms with Gasteiger partial charge in [0, 0.05) is 11.1 Å². The largest absolute Gasteiger partial charge is 0.228 e. The molecule has 0 fully saturated rings. The SMILES string of the molecule is C1=CCC=CC(c2cc(-c3ccccc3)nc(-c3cccc(-c4cccc(-c5ccc6c(c5)C5(c7ccccc7-c7ccccc75)c5ccccc5-6)c4)c3)n2)=C1. The van der Waals surface area contributed by atoms with Gasteiger partial charge in [-0.2, -0.15) is 0 Å². The lowest BCUT2D eigenvalue weighted by Crippen LogP contribution is -2.25. The second-order valence-corrected chi connectivity index (χ2v) is 14.8. The average Bonchev–Trinajstić information content (AvgIpc) is 3.56. The third kappa shape index (κ3) is 5.03. The molecule has 7 aromatic carbocycles. The quantitative estimate of drug-likeness (QED) is 0.178. The Balaban J connectivity index is 1.02. The lowest BCUT2D eigenvalue weighted by Gasteiger charge is -2.30. The molecule has 0 bridgehead atoms. The summed E-state index contributed by atoms with van der Waals surface area (Å²) in [6.45, 7) is 0. The van der Waals surface area contributed by atoms with Gasteiger partial charge in [-0.25, -0.2) is 9.97 Å². The van der Waals surface area contributed by atoms with Crippen LogP contribution in [0.3, 0.4) is 0 Å². The van der Waals surface area contributed by atoms with E-state index in [9.17, 15) is 0 Å². The number of nitrogens with zero attached hydrogens (tertiary/aromatic N) is 2. The zero-order chi connectivity index (χ0) is 37.1. The van der Waals surface area contributed by atoms with Crippen LogP contribution in [0.2, 0.25) is 0 Å². The van der Waals surface area contributed by atoms with Gasteiger partial charge in [0.15, 0.2) is 5.82 Å². The van der Waals surface area contributed by atoms with E-state index in [2.05, 4.69) is 200 Å². The van der Waals surface area contributed by atoms with Crippen molar-refractivity contribution in [2.45, 2.75) is 11.8 Å². The Labute approximate surface area is 327 Å². The number of hydrogen-bond acceptors (Lipinski definition) is 2. The minimum Gasteiger partial charge on any atom is -0.228 e. The predicted octanol–water partition coefficient (Wildman–Crippen LogP) is 13.4. The number of allylic oxidation sites excluding steroid dienone is 6. The van der Waals surface area contributed by atoms with Crippen molar-refractivity contribution in [3.63, 3.8) is 0 Å². The third-order valence-electron chi connectivity index (χ3n) is 11.7. The summed E-state index contributed by atoms with van der Waals surface area (Å²) in [7, 11) is 0. The summed E-state index contributed by atoms with van der Waals surface area (Å²) in [5.74, 6) is 0.711. The highest BCUT2D eigenvalue weighted by molar-refractivity contribution is 5.96. The molecule has 0 atom stereocenters. The van der Waals surface area contributed by atoms with Crippen LogP contribution in [0.1, 0.15) is 34.4 Å². The molecule has 3 aliphatic carbocycles. The molecule has 1 spiro atoms. The Morgan fingerprint density at radius 3 is 1.55 bits per heavy atom. The summed E-state index contributed by atoms with van der Waals surface area (Å²) in [6, 6.07) is 64.2. The zero-order valence-corrected chi connectivity index (χ0v) is 30.7. The molecule has 2 heteroatoms. The normalized spacial score (nSPS) is 14.1. The summed E-state index contributed by atoms with van der Waals surface area (Å²) in [4.78, 5) is 10.3. The number of benzene rings is 7. The monoisotopic (exact) mass is 712 g/mol. The van der Waals surface area contributed by atoms with Gasteiger partial charge in [0.25, 0.3) is 0 Å². The molecule has 0 saturated carbocycles. The number of rotatable bonds is 5. The van der Waals surface area contributed by atoms with Crippen molar-refractivity contribution < 1.29 is 0 Å². The van der Waals surface area contributed by atoms with Crippen LogP contribution in [0.5, 0.6) is 0 Å². The molecule has 3 aliphatic rings. The maximum Gasteiger partial charge on any atom is 0.160 e. The van der Waals surface area contributed by atoms with Gasteiger partial charge in [0.05, 0.1) is 16.8 Å². The predicted molar refractivity (Wildman–Crippen MR) is 231 cm³/mol. The van der Waals surface area contributed by atoms with Crippen molar-refractivity contribution in [2.24, 2.45) is 0 Å². The van der Waals surface area contributed by atoms with E-state index < -0.39 is 0 Å². The number of aromatic nitrogens is 2. The molecule has 0 aliphatic heterocycles. The number of fused-ring (bicyclic) bond motifs is 10. The summed E-state index contributed by atoms with van der Waals surface area (Å²) < 4.78 is 0. The van der Waals surface area contributed by atoms with E-state index in [1.54, 1.807) is 0 Å². The molecule has 0 N–H and O–H groups in total. The highest BCUT2D eigenvalue weighted by Gasteiger charge is 2.51. The van der Waals surface area contributed by atoms with E-state index in [-0.39, 0.29) is 5.41 Å². The van der Waals surface area contributed by atoms with Gasteiger partial charge in [-0.1, -0.05) is 182 Å². The Bertz CT molecular complexity index is 2880. The standard InChI is InChI=1S/C54H36N2/c1-2-5-17-36(16-4-1)51-35-52(37-18-6-3-7-19-37)56-53(55-51)42-23-15-22-40(33-42)38-20-14-21-39(32-38)41-30-31-46-45-26-10-13-29-49(45)54(50(46)34-41)47-27-11-8-24-43(47)44-25-9-12-28-48(44)54/h1,3-35H,2H2. The second-order valence-electron chi connectivity index (χ2n) is 14.8. The molecule has 56 heavy (non-hydrogen) atoms. The van der Waals surface area contributed by atoms with Crippen LogP contribution < -0.4 is 0 Å². The Kier molecular flexibility index (Phi) is 7.50. The van der Waals surface area contributed by atoms with Crippen molar-refractivity contribution in [1.29, 1.82) is 0 Å². The fourth-order valence-electron chi connectivity index (χ4n) is 9.22. The maximum absolute atomic E-state index is 5.15. The fourth-order valence-corrected chi connectivity index (χ4v) is 9.22. The highest BCUT2D eigenvalue weighted by atomic mass is 14.9. The molecule has 11 rings (SSSR count). The lowest BCUT2D eigenvalue weighted by atomic mass is 9.70. The minimum absolute atomic E-state index is 0.368. The summed E-state index contributed by atoms with van der Waals surface area (Å²) in [6.07, 6.45) is 11.7. The Morgan fingerprint density at radius 2 is 0.893 bits per heavy atom. The number of hydrogen-bond donors (Lipinski definition) is 0. The van der Waals surface area contributed by atoms with Gasteiger partial charge < -0.3 is 0 Å². The molecule has 1 heterocycles. The Hall–Kier alpha value is -7.16. The van der Waals surface area contributed by atoms with Crippen LogP contribution in [0.15, 0.2) is 206 Å². The first-order chi connectivity index (χ1) is 27.8. The van der Waals surface area contributed by atoms with Crippen molar-refractivity contribution >= 4 is 5.57 Å². The summed E-state index contributed by atoms with van der Waals surface area (Å²) in [5, 5.41) is 0. The van der Waals surface area contributed by atoms with Crippen molar-refractivity contribution in [2.75, 3.05) is 0 Å². The topological polar surface area (TPSA) is 25.8 Å². The molecule has 0 radical (unpaired) electrons. The van der Waals surface area contributed by atoms with Crippen LogP contribution in [0.25, 0.3) is 72.7 Å². The van der Waals surface area contributed by atoms with E-state index in [0.29, 0.717) is 5.82 Å². The van der Waals surface area contributed by atoms with Crippen LogP contribution in [0, 0.1) is 0 Å². The van der Waals surface area contributed by atoms with Crippen LogP contribution >= 0.6 is 0 Å². The van der Waals surface area contributed by atoms with E-state index >= 15 is 0 Å². The van der Waals surface area contributed by atoms with Crippen molar-refractivity contribution in [3.8, 4) is 67.2 Å². The Morgan fingerprint density at radius 1 is 0.375 bits per heavy atom. The second kappa shape index (κ2) is 13.0. The maximum atomic E-state index is 5.15. The van der Waals surface area contributed by atoms with E-state index in [1.807, 2.05) is 6.07 Å². The van der Waals surface area contributed by atoms with E-state index in [4.69, 9.17) is 9.97 Å². The smallest absolute Gasteiger partial charge is 0.160 e. The minimum atomic E-state index is -0.368. The molecule has 0 saturated heterocycles. The molecule has 0 unspecified atom stereocenters. The average molecular weight is 713 g/mol. The first kappa shape index (κ1) is 32.3. The summed E-state index contributed by atoms with van der Waals surface area (Å²) >= 11 is 0. The zero-order valence-electron chi connectivity index (χ0n) is 30.7. The van der Waals surface area contributed by atoms with Gasteiger partial charge in [-0.05, 0) is 103 Å². The molecule has 0 amide bonds. The molecule has 2 nitrogen and oxygen atoms in total. The van der Waals surface area contributed by atoms with Gasteiger partial charge in [-0.15, -0.1) is 0 Å². The van der Waals surface area contributed by atoms with Gasteiger partial charge in [0.2, 0.25) is 0 Å². The van der Waals surface area contributed by atoms with Gasteiger partial charge in [0.1, 0.15) is 0 Å². The fraction of sp³-hybridized carbons (Fsp3) is 0.0370. The third-order valence-corrected chi connectivity index (χ3v) is 11.7. The van der Waals surface area contributed by atoms with E-state index in [0.717, 1.165) is 45.6 Å². The molecule has 262 valence electrons. The van der Waals surface area contributed by atoms with Gasteiger partial charge >= 0.3 is 0 Å².